The highest BCUT2D eigenvalue weighted by molar-refractivity contribution is 7.10. The number of hydrogen-bond donors (Lipinski definition) is 0. The van der Waals surface area contributed by atoms with Crippen LogP contribution in [-0.2, 0) is 25.7 Å². The SMILES string of the molecule is CCCN(CCc1cccs1)C1CCc2c(cccc2OCCc2cccs2)C1. The standard InChI is InChI=1S/C25H31NOS2/c1-2-14-26(15-12-22-7-4-17-28-22)21-10-11-24-20(19-21)6-3-9-25(24)27-16-13-23-8-5-18-29-23/h3-9,17-18,21H,2,10-16,19H2,1H3. The number of hydrogen-bond acceptors (Lipinski definition) is 4. The van der Waals surface area contributed by atoms with Gasteiger partial charge in [0.25, 0.3) is 0 Å². The molecule has 4 heteroatoms. The molecular formula is C25H31NOS2. The van der Waals surface area contributed by atoms with E-state index in [0.717, 1.165) is 31.6 Å². The molecule has 0 saturated heterocycles. The summed E-state index contributed by atoms with van der Waals surface area (Å²) in [6.07, 6.45) is 6.92. The molecule has 0 radical (unpaired) electrons. The highest BCUT2D eigenvalue weighted by Gasteiger charge is 2.25. The molecule has 1 aliphatic rings. The highest BCUT2D eigenvalue weighted by atomic mass is 32.1. The van der Waals surface area contributed by atoms with Crippen LogP contribution < -0.4 is 4.74 Å². The molecule has 2 nitrogen and oxygen atoms in total. The Labute approximate surface area is 183 Å². The van der Waals surface area contributed by atoms with Gasteiger partial charge in [-0.1, -0.05) is 31.2 Å². The molecule has 29 heavy (non-hydrogen) atoms. The first kappa shape index (κ1) is 20.6. The van der Waals surface area contributed by atoms with E-state index in [1.165, 1.54) is 53.2 Å². The second-order valence-corrected chi connectivity index (χ2v) is 9.90. The Balaban J connectivity index is 1.37. The molecule has 0 amide bonds. The highest BCUT2D eigenvalue weighted by Crippen LogP contribution is 2.32. The van der Waals surface area contributed by atoms with Crippen LogP contribution in [0.3, 0.4) is 0 Å². The van der Waals surface area contributed by atoms with Crippen LogP contribution >= 0.6 is 22.7 Å². The summed E-state index contributed by atoms with van der Waals surface area (Å²) in [6.45, 7) is 5.44. The van der Waals surface area contributed by atoms with Crippen molar-refractivity contribution in [3.05, 3.63) is 74.1 Å². The smallest absolute Gasteiger partial charge is 0.122 e. The third-order valence-corrected chi connectivity index (χ3v) is 7.72. The maximum atomic E-state index is 6.21. The molecular weight excluding hydrogens is 394 g/mol. The largest absolute Gasteiger partial charge is 0.493 e. The summed E-state index contributed by atoms with van der Waals surface area (Å²) in [5.74, 6) is 1.11. The lowest BCUT2D eigenvalue weighted by atomic mass is 9.86. The molecule has 0 aliphatic heterocycles. The van der Waals surface area contributed by atoms with Gasteiger partial charge in [0.2, 0.25) is 0 Å². The van der Waals surface area contributed by atoms with Gasteiger partial charge in [-0.2, -0.15) is 0 Å². The maximum Gasteiger partial charge on any atom is 0.122 e. The Bertz CT molecular complexity index is 857. The summed E-state index contributed by atoms with van der Waals surface area (Å²) in [4.78, 5) is 5.63. The normalized spacial score (nSPS) is 16.1. The molecule has 0 bridgehead atoms. The minimum atomic E-state index is 0.656. The van der Waals surface area contributed by atoms with Crippen molar-refractivity contribution >= 4 is 22.7 Å². The Morgan fingerprint density at radius 3 is 2.48 bits per heavy atom. The molecule has 2 heterocycles. The molecule has 0 saturated carbocycles. The van der Waals surface area contributed by atoms with Crippen LogP contribution in [0.15, 0.2) is 53.2 Å². The predicted octanol–water partition coefficient (Wildman–Crippen LogP) is 6.24. The van der Waals surface area contributed by atoms with Crippen molar-refractivity contribution in [2.45, 2.75) is 51.5 Å². The van der Waals surface area contributed by atoms with Crippen molar-refractivity contribution in [1.82, 2.24) is 4.90 Å². The molecule has 4 rings (SSSR count). The zero-order valence-electron chi connectivity index (χ0n) is 17.3. The van der Waals surface area contributed by atoms with Gasteiger partial charge >= 0.3 is 0 Å². The first-order chi connectivity index (χ1) is 14.3. The van der Waals surface area contributed by atoms with E-state index in [-0.39, 0.29) is 0 Å². The van der Waals surface area contributed by atoms with Crippen LogP contribution in [0, 0.1) is 0 Å². The number of nitrogens with zero attached hydrogens (tertiary/aromatic N) is 1. The quantitative estimate of drug-likeness (QED) is 0.381. The zero-order chi connectivity index (χ0) is 19.9. The monoisotopic (exact) mass is 425 g/mol. The zero-order valence-corrected chi connectivity index (χ0v) is 18.9. The Kier molecular flexibility index (Phi) is 7.42. The average Bonchev–Trinajstić information content (AvgIpc) is 3.45. The van der Waals surface area contributed by atoms with Crippen molar-refractivity contribution in [3.8, 4) is 5.75 Å². The van der Waals surface area contributed by atoms with E-state index in [0.29, 0.717) is 6.04 Å². The Hall–Kier alpha value is -1.62. The van der Waals surface area contributed by atoms with Crippen molar-refractivity contribution in [1.29, 1.82) is 0 Å². The number of ether oxygens (including phenoxy) is 1. The van der Waals surface area contributed by atoms with Crippen LogP contribution in [0.25, 0.3) is 0 Å². The van der Waals surface area contributed by atoms with E-state index in [1.807, 2.05) is 22.7 Å². The van der Waals surface area contributed by atoms with Crippen molar-refractivity contribution in [2.24, 2.45) is 0 Å². The Morgan fingerprint density at radius 1 is 0.966 bits per heavy atom. The molecule has 3 aromatic rings. The average molecular weight is 426 g/mol. The summed E-state index contributed by atoms with van der Waals surface area (Å²) in [5.41, 5.74) is 2.94. The lowest BCUT2D eigenvalue weighted by Crippen LogP contribution is -2.41. The summed E-state index contributed by atoms with van der Waals surface area (Å²) in [5, 5.41) is 4.33. The predicted molar refractivity (Wildman–Crippen MR) is 126 cm³/mol. The molecule has 0 N–H and O–H groups in total. The van der Waals surface area contributed by atoms with Gasteiger partial charge in [-0.05, 0) is 78.7 Å². The topological polar surface area (TPSA) is 12.5 Å². The molecule has 1 aromatic carbocycles. The van der Waals surface area contributed by atoms with E-state index >= 15 is 0 Å². The summed E-state index contributed by atoms with van der Waals surface area (Å²) in [7, 11) is 0. The van der Waals surface area contributed by atoms with Crippen LogP contribution in [0.1, 0.15) is 40.6 Å². The van der Waals surface area contributed by atoms with Gasteiger partial charge in [-0.25, -0.2) is 0 Å². The summed E-state index contributed by atoms with van der Waals surface area (Å²) in [6, 6.07) is 16.1. The first-order valence-electron chi connectivity index (χ1n) is 10.9. The number of benzene rings is 1. The van der Waals surface area contributed by atoms with Crippen LogP contribution in [0.4, 0.5) is 0 Å². The van der Waals surface area contributed by atoms with Gasteiger partial charge in [0.1, 0.15) is 5.75 Å². The fourth-order valence-electron chi connectivity index (χ4n) is 4.39. The molecule has 1 aliphatic carbocycles. The van der Waals surface area contributed by atoms with Gasteiger partial charge in [0.05, 0.1) is 6.61 Å². The van der Waals surface area contributed by atoms with Gasteiger partial charge in [0, 0.05) is 28.8 Å². The van der Waals surface area contributed by atoms with Gasteiger partial charge in [0.15, 0.2) is 0 Å². The van der Waals surface area contributed by atoms with E-state index in [1.54, 1.807) is 0 Å². The second kappa shape index (κ2) is 10.4. The number of fused-ring (bicyclic) bond motifs is 1. The third kappa shape index (κ3) is 5.50. The van der Waals surface area contributed by atoms with Crippen molar-refractivity contribution in [2.75, 3.05) is 19.7 Å². The van der Waals surface area contributed by atoms with E-state index in [9.17, 15) is 0 Å². The second-order valence-electron chi connectivity index (χ2n) is 7.83. The maximum absolute atomic E-state index is 6.21. The summed E-state index contributed by atoms with van der Waals surface area (Å²) >= 11 is 3.70. The minimum absolute atomic E-state index is 0.656. The molecule has 2 aromatic heterocycles. The van der Waals surface area contributed by atoms with E-state index in [2.05, 4.69) is 65.0 Å². The van der Waals surface area contributed by atoms with Gasteiger partial charge in [-0.3, -0.25) is 4.90 Å². The van der Waals surface area contributed by atoms with Gasteiger partial charge in [-0.15, -0.1) is 22.7 Å². The molecule has 1 unspecified atom stereocenters. The first-order valence-corrected chi connectivity index (χ1v) is 12.6. The minimum Gasteiger partial charge on any atom is -0.493 e. The van der Waals surface area contributed by atoms with Crippen LogP contribution in [-0.4, -0.2) is 30.6 Å². The van der Waals surface area contributed by atoms with Crippen molar-refractivity contribution < 1.29 is 4.74 Å². The Morgan fingerprint density at radius 2 is 1.76 bits per heavy atom. The molecule has 154 valence electrons. The van der Waals surface area contributed by atoms with Crippen LogP contribution in [0.5, 0.6) is 5.75 Å². The third-order valence-electron chi connectivity index (χ3n) is 5.85. The van der Waals surface area contributed by atoms with Crippen LogP contribution in [0.2, 0.25) is 0 Å². The summed E-state index contributed by atoms with van der Waals surface area (Å²) < 4.78 is 6.21. The molecule has 0 spiro atoms. The van der Waals surface area contributed by atoms with Gasteiger partial charge < -0.3 is 4.74 Å². The number of rotatable bonds is 10. The lowest BCUT2D eigenvalue weighted by Gasteiger charge is -2.35. The molecule has 1 atom stereocenters. The number of thiophene rings is 2. The van der Waals surface area contributed by atoms with Crippen molar-refractivity contribution in [3.63, 3.8) is 0 Å². The fourth-order valence-corrected chi connectivity index (χ4v) is 5.78. The fraction of sp³-hybridized carbons (Fsp3) is 0.440. The lowest BCUT2D eigenvalue weighted by molar-refractivity contribution is 0.181. The molecule has 0 fully saturated rings. The van der Waals surface area contributed by atoms with E-state index in [4.69, 9.17) is 4.74 Å². The van der Waals surface area contributed by atoms with E-state index < -0.39 is 0 Å².